The molecule has 0 aliphatic carbocycles. The predicted molar refractivity (Wildman–Crippen MR) is 86.0 cm³/mol. The summed E-state index contributed by atoms with van der Waals surface area (Å²) < 4.78 is 43.2. The zero-order valence-electron chi connectivity index (χ0n) is 13.4. The fourth-order valence-electron chi connectivity index (χ4n) is 2.73. The Hall–Kier alpha value is -2.77. The van der Waals surface area contributed by atoms with Crippen LogP contribution < -0.4 is 10.2 Å². The van der Waals surface area contributed by atoms with Crippen LogP contribution in [0.25, 0.3) is 0 Å². The number of fused-ring (bicyclic) bond motifs is 1. The molecule has 8 heteroatoms. The first-order valence-electron chi connectivity index (χ1n) is 7.71. The number of carbonyl (C=O) groups excluding carboxylic acids is 1. The van der Waals surface area contributed by atoms with Crippen LogP contribution in [-0.4, -0.2) is 24.1 Å². The average molecular weight is 351 g/mol. The SMILES string of the molecule is CCOC(=O)CN1c2cccnc2NC1c1ccc(C(F)(F)F)cc1. The highest BCUT2D eigenvalue weighted by molar-refractivity contribution is 5.81. The van der Waals surface area contributed by atoms with E-state index in [0.717, 1.165) is 12.1 Å². The maximum atomic E-state index is 12.7. The molecule has 3 rings (SSSR count). The molecule has 1 aliphatic rings. The molecule has 1 unspecified atom stereocenters. The van der Waals surface area contributed by atoms with Gasteiger partial charge in [0.25, 0.3) is 0 Å². The second-order valence-corrected chi connectivity index (χ2v) is 5.47. The smallest absolute Gasteiger partial charge is 0.416 e. The van der Waals surface area contributed by atoms with Crippen molar-refractivity contribution in [1.82, 2.24) is 4.98 Å². The van der Waals surface area contributed by atoms with Gasteiger partial charge in [0.1, 0.15) is 12.7 Å². The fraction of sp³-hybridized carbons (Fsp3) is 0.294. The van der Waals surface area contributed by atoms with E-state index in [0.29, 0.717) is 17.1 Å². The monoisotopic (exact) mass is 351 g/mol. The molecule has 132 valence electrons. The molecule has 1 N–H and O–H groups in total. The van der Waals surface area contributed by atoms with Gasteiger partial charge >= 0.3 is 12.1 Å². The lowest BCUT2D eigenvalue weighted by molar-refractivity contribution is -0.141. The molecule has 1 atom stereocenters. The highest BCUT2D eigenvalue weighted by Crippen LogP contribution is 2.40. The second kappa shape index (κ2) is 6.62. The van der Waals surface area contributed by atoms with Crippen molar-refractivity contribution in [1.29, 1.82) is 0 Å². The van der Waals surface area contributed by atoms with Crippen molar-refractivity contribution < 1.29 is 22.7 Å². The van der Waals surface area contributed by atoms with Gasteiger partial charge in [-0.1, -0.05) is 12.1 Å². The van der Waals surface area contributed by atoms with Gasteiger partial charge in [0.2, 0.25) is 0 Å². The van der Waals surface area contributed by atoms with Gasteiger partial charge in [0, 0.05) is 6.20 Å². The molecular formula is C17H16F3N3O2. The number of hydrogen-bond donors (Lipinski definition) is 1. The summed E-state index contributed by atoms with van der Waals surface area (Å²) in [6.45, 7) is 1.93. The number of ether oxygens (including phenoxy) is 1. The van der Waals surface area contributed by atoms with E-state index >= 15 is 0 Å². The number of nitrogens with one attached hydrogen (secondary N) is 1. The van der Waals surface area contributed by atoms with Crippen molar-refractivity contribution in [3.63, 3.8) is 0 Å². The van der Waals surface area contributed by atoms with Gasteiger partial charge in [-0.15, -0.1) is 0 Å². The number of hydrogen-bond acceptors (Lipinski definition) is 5. The zero-order chi connectivity index (χ0) is 18.0. The molecule has 0 amide bonds. The van der Waals surface area contributed by atoms with E-state index in [1.807, 2.05) is 0 Å². The van der Waals surface area contributed by atoms with Gasteiger partial charge in [-0.25, -0.2) is 4.98 Å². The van der Waals surface area contributed by atoms with Crippen molar-refractivity contribution in [2.45, 2.75) is 19.3 Å². The van der Waals surface area contributed by atoms with Gasteiger partial charge < -0.3 is 15.0 Å². The van der Waals surface area contributed by atoms with Gasteiger partial charge in [-0.2, -0.15) is 13.2 Å². The fourth-order valence-corrected chi connectivity index (χ4v) is 2.73. The van der Waals surface area contributed by atoms with Gasteiger partial charge in [0.15, 0.2) is 5.82 Å². The van der Waals surface area contributed by atoms with Crippen LogP contribution in [0, 0.1) is 0 Å². The van der Waals surface area contributed by atoms with Gasteiger partial charge in [-0.3, -0.25) is 4.79 Å². The van der Waals surface area contributed by atoms with Gasteiger partial charge in [-0.05, 0) is 36.8 Å². The number of pyridine rings is 1. The summed E-state index contributed by atoms with van der Waals surface area (Å²) in [5.74, 6) is 0.148. The van der Waals surface area contributed by atoms with E-state index in [9.17, 15) is 18.0 Å². The van der Waals surface area contributed by atoms with Crippen molar-refractivity contribution in [2.75, 3.05) is 23.4 Å². The third-order valence-corrected chi connectivity index (χ3v) is 3.84. The Morgan fingerprint density at radius 2 is 2.00 bits per heavy atom. The lowest BCUT2D eigenvalue weighted by Crippen LogP contribution is -2.34. The highest BCUT2D eigenvalue weighted by atomic mass is 19.4. The summed E-state index contributed by atoms with van der Waals surface area (Å²) in [7, 11) is 0. The minimum Gasteiger partial charge on any atom is -0.465 e. The Labute approximate surface area is 142 Å². The van der Waals surface area contributed by atoms with Crippen LogP contribution in [0.2, 0.25) is 0 Å². The van der Waals surface area contributed by atoms with Crippen LogP contribution in [0.4, 0.5) is 24.7 Å². The van der Waals surface area contributed by atoms with E-state index in [4.69, 9.17) is 4.74 Å². The van der Waals surface area contributed by atoms with Crippen molar-refractivity contribution >= 4 is 17.5 Å². The van der Waals surface area contributed by atoms with E-state index in [2.05, 4.69) is 10.3 Å². The quantitative estimate of drug-likeness (QED) is 0.853. The number of carbonyl (C=O) groups is 1. The third-order valence-electron chi connectivity index (χ3n) is 3.84. The van der Waals surface area contributed by atoms with Crippen LogP contribution >= 0.6 is 0 Å². The van der Waals surface area contributed by atoms with Crippen molar-refractivity contribution in [2.24, 2.45) is 0 Å². The average Bonchev–Trinajstić information content (AvgIpc) is 2.93. The standard InChI is InChI=1S/C17H16F3N3O2/c1-2-25-14(24)10-23-13-4-3-9-21-15(13)22-16(23)11-5-7-12(8-6-11)17(18,19)20/h3-9,16H,2,10H2,1H3,(H,21,22). The molecular weight excluding hydrogens is 335 g/mol. The zero-order valence-corrected chi connectivity index (χ0v) is 13.4. The third kappa shape index (κ3) is 3.52. The summed E-state index contributed by atoms with van der Waals surface area (Å²) in [4.78, 5) is 17.8. The number of nitrogens with zero attached hydrogens (tertiary/aromatic N) is 2. The molecule has 1 aromatic heterocycles. The summed E-state index contributed by atoms with van der Waals surface area (Å²) in [5, 5.41) is 3.13. The number of rotatable bonds is 4. The summed E-state index contributed by atoms with van der Waals surface area (Å²) in [6.07, 6.45) is -3.29. The number of halogens is 3. The molecule has 0 bridgehead atoms. The molecule has 5 nitrogen and oxygen atoms in total. The Morgan fingerprint density at radius 1 is 1.28 bits per heavy atom. The Bertz CT molecular complexity index is 762. The molecule has 0 saturated heterocycles. The first-order chi connectivity index (χ1) is 11.9. The number of anilines is 2. The first-order valence-corrected chi connectivity index (χ1v) is 7.71. The van der Waals surface area contributed by atoms with Crippen molar-refractivity contribution in [3.05, 3.63) is 53.7 Å². The van der Waals surface area contributed by atoms with Crippen molar-refractivity contribution in [3.8, 4) is 0 Å². The molecule has 1 aromatic carbocycles. The highest BCUT2D eigenvalue weighted by Gasteiger charge is 2.34. The van der Waals surface area contributed by atoms with E-state index < -0.39 is 23.9 Å². The Kier molecular flexibility index (Phi) is 4.52. The Morgan fingerprint density at radius 3 is 2.64 bits per heavy atom. The molecule has 2 aromatic rings. The molecule has 0 radical (unpaired) electrons. The van der Waals surface area contributed by atoms with E-state index in [1.165, 1.54) is 12.1 Å². The van der Waals surface area contributed by atoms with E-state index in [1.54, 1.807) is 30.2 Å². The van der Waals surface area contributed by atoms with E-state index in [-0.39, 0.29) is 13.2 Å². The molecule has 25 heavy (non-hydrogen) atoms. The molecule has 2 heterocycles. The largest absolute Gasteiger partial charge is 0.465 e. The van der Waals surface area contributed by atoms with Crippen LogP contribution in [0.3, 0.4) is 0 Å². The van der Waals surface area contributed by atoms with Crippen LogP contribution in [0.5, 0.6) is 0 Å². The Balaban J connectivity index is 1.90. The first kappa shape index (κ1) is 17.1. The maximum Gasteiger partial charge on any atom is 0.416 e. The topological polar surface area (TPSA) is 54.5 Å². The molecule has 0 fully saturated rings. The minimum atomic E-state index is -4.39. The number of esters is 1. The number of benzene rings is 1. The van der Waals surface area contributed by atoms with Crippen LogP contribution in [0.15, 0.2) is 42.6 Å². The lowest BCUT2D eigenvalue weighted by atomic mass is 10.1. The van der Waals surface area contributed by atoms with Gasteiger partial charge in [0.05, 0.1) is 17.9 Å². The van der Waals surface area contributed by atoms with Crippen LogP contribution in [-0.2, 0) is 15.7 Å². The minimum absolute atomic E-state index is 0.0365. The lowest BCUT2D eigenvalue weighted by Gasteiger charge is -2.26. The number of alkyl halides is 3. The summed E-state index contributed by atoms with van der Waals surface area (Å²) in [6, 6.07) is 8.35. The van der Waals surface area contributed by atoms with Crippen LogP contribution in [0.1, 0.15) is 24.2 Å². The molecule has 0 saturated carbocycles. The summed E-state index contributed by atoms with van der Waals surface area (Å²) >= 11 is 0. The number of aromatic nitrogens is 1. The molecule has 0 spiro atoms. The predicted octanol–water partition coefficient (Wildman–Crippen LogP) is 3.59. The molecule has 1 aliphatic heterocycles. The summed E-state index contributed by atoms with van der Waals surface area (Å²) in [5.41, 5.74) is 0.567. The second-order valence-electron chi connectivity index (χ2n) is 5.47. The normalized spacial score (nSPS) is 16.3. The maximum absolute atomic E-state index is 12.7.